The zero-order chi connectivity index (χ0) is 21.4. The van der Waals surface area contributed by atoms with Crippen molar-refractivity contribution in [1.29, 1.82) is 0 Å². The maximum Gasteiger partial charge on any atom is 0.280 e. The maximum atomic E-state index is 13.3. The van der Waals surface area contributed by atoms with Gasteiger partial charge in [0.05, 0.1) is 11.4 Å². The predicted molar refractivity (Wildman–Crippen MR) is 105 cm³/mol. The molecule has 10 heteroatoms. The van der Waals surface area contributed by atoms with Gasteiger partial charge in [-0.25, -0.2) is 27.8 Å². The lowest BCUT2D eigenvalue weighted by atomic mass is 10.1. The Bertz CT molecular complexity index is 1200. The van der Waals surface area contributed by atoms with E-state index < -0.39 is 6.43 Å². The number of nitrogens with zero attached hydrogens (tertiary/aromatic N) is 6. The van der Waals surface area contributed by atoms with Crippen LogP contribution < -0.4 is 5.32 Å². The van der Waals surface area contributed by atoms with Crippen molar-refractivity contribution in [2.45, 2.75) is 20.3 Å². The minimum atomic E-state index is -2.69. The Morgan fingerprint density at radius 3 is 2.43 bits per heavy atom. The van der Waals surface area contributed by atoms with E-state index in [1.807, 2.05) is 6.92 Å². The first-order chi connectivity index (χ1) is 14.3. The van der Waals surface area contributed by atoms with Gasteiger partial charge in [-0.05, 0) is 44.2 Å². The number of nitrogens with one attached hydrogen (secondary N) is 1. The highest BCUT2D eigenvalue weighted by atomic mass is 19.3. The van der Waals surface area contributed by atoms with E-state index in [9.17, 15) is 13.2 Å². The second-order valence-corrected chi connectivity index (χ2v) is 6.76. The van der Waals surface area contributed by atoms with Crippen LogP contribution in [0, 0.1) is 19.7 Å². The van der Waals surface area contributed by atoms with Crippen molar-refractivity contribution in [3.05, 3.63) is 65.5 Å². The van der Waals surface area contributed by atoms with Gasteiger partial charge in [-0.15, -0.1) is 0 Å². The van der Waals surface area contributed by atoms with Gasteiger partial charge in [0.25, 0.3) is 6.43 Å². The Labute approximate surface area is 170 Å². The van der Waals surface area contributed by atoms with Crippen molar-refractivity contribution < 1.29 is 13.2 Å². The van der Waals surface area contributed by atoms with Gasteiger partial charge in [0, 0.05) is 24.2 Å². The molecular formula is C20H18F3N7. The van der Waals surface area contributed by atoms with E-state index in [1.165, 1.54) is 30.6 Å². The maximum absolute atomic E-state index is 13.3. The van der Waals surface area contributed by atoms with Crippen molar-refractivity contribution in [3.63, 3.8) is 0 Å². The molecule has 0 saturated heterocycles. The zero-order valence-corrected chi connectivity index (χ0v) is 16.4. The fraction of sp³-hybridized carbons (Fsp3) is 0.200. The Hall–Kier alpha value is -3.69. The van der Waals surface area contributed by atoms with Crippen molar-refractivity contribution in [1.82, 2.24) is 29.5 Å². The third-order valence-corrected chi connectivity index (χ3v) is 4.60. The van der Waals surface area contributed by atoms with Crippen LogP contribution >= 0.6 is 0 Å². The van der Waals surface area contributed by atoms with Crippen molar-refractivity contribution in [2.75, 3.05) is 5.32 Å². The average molecular weight is 413 g/mol. The van der Waals surface area contributed by atoms with E-state index in [0.29, 0.717) is 17.3 Å². The molecular weight excluding hydrogens is 395 g/mol. The van der Waals surface area contributed by atoms with Gasteiger partial charge >= 0.3 is 0 Å². The molecule has 3 aromatic heterocycles. The van der Waals surface area contributed by atoms with Gasteiger partial charge in [0.1, 0.15) is 23.7 Å². The number of hydrogen-bond donors (Lipinski definition) is 1. The van der Waals surface area contributed by atoms with Gasteiger partial charge in [-0.1, -0.05) is 0 Å². The highest BCUT2D eigenvalue weighted by molar-refractivity contribution is 5.71. The minimum absolute atomic E-state index is 0.211. The van der Waals surface area contributed by atoms with Crippen LogP contribution in [0.25, 0.3) is 17.1 Å². The Morgan fingerprint density at radius 1 is 1.00 bits per heavy atom. The van der Waals surface area contributed by atoms with Crippen LogP contribution in [0.4, 0.5) is 24.8 Å². The number of hydrogen-bond acceptors (Lipinski definition) is 5. The molecule has 0 bridgehead atoms. The van der Waals surface area contributed by atoms with Crippen LogP contribution in [0.2, 0.25) is 0 Å². The molecule has 0 aliphatic carbocycles. The Balaban J connectivity index is 1.67. The summed E-state index contributed by atoms with van der Waals surface area (Å²) >= 11 is 0. The SMILES string of the molecule is Cc1cc(C(F)F)n(-c2cc(Nc3nn(C)c(-c4ccc(F)cc4)c3C)ncn2)n1. The first-order valence-electron chi connectivity index (χ1n) is 9.07. The van der Waals surface area contributed by atoms with E-state index >= 15 is 0 Å². The molecule has 7 nitrogen and oxygen atoms in total. The molecule has 1 N–H and O–H groups in total. The lowest BCUT2D eigenvalue weighted by Crippen LogP contribution is -2.06. The number of anilines is 2. The smallest absolute Gasteiger partial charge is 0.280 e. The Kier molecular flexibility index (Phi) is 4.98. The summed E-state index contributed by atoms with van der Waals surface area (Å²) in [5.74, 6) is 0.804. The van der Waals surface area contributed by atoms with Crippen molar-refractivity contribution in [3.8, 4) is 17.1 Å². The molecule has 0 unspecified atom stereocenters. The molecule has 0 radical (unpaired) electrons. The van der Waals surface area contributed by atoms with Crippen LogP contribution in [-0.2, 0) is 7.05 Å². The number of halogens is 3. The number of aryl methyl sites for hydroxylation is 2. The van der Waals surface area contributed by atoms with Gasteiger partial charge in [-0.3, -0.25) is 4.68 Å². The van der Waals surface area contributed by atoms with Crippen LogP contribution in [0.15, 0.2) is 42.7 Å². The fourth-order valence-corrected chi connectivity index (χ4v) is 3.27. The molecule has 0 fully saturated rings. The molecule has 4 rings (SSSR count). The van der Waals surface area contributed by atoms with Crippen LogP contribution in [0.1, 0.15) is 23.4 Å². The quantitative estimate of drug-likeness (QED) is 0.522. The summed E-state index contributed by atoms with van der Waals surface area (Å²) in [5, 5.41) is 11.7. The monoisotopic (exact) mass is 413 g/mol. The van der Waals surface area contributed by atoms with Gasteiger partial charge in [0.15, 0.2) is 11.6 Å². The second-order valence-electron chi connectivity index (χ2n) is 6.76. The lowest BCUT2D eigenvalue weighted by molar-refractivity contribution is 0.142. The molecule has 0 aliphatic rings. The predicted octanol–water partition coefficient (Wildman–Crippen LogP) is 4.50. The molecule has 4 aromatic rings. The van der Waals surface area contributed by atoms with E-state index in [2.05, 4.69) is 25.5 Å². The van der Waals surface area contributed by atoms with Crippen LogP contribution in [0.5, 0.6) is 0 Å². The molecule has 1 aromatic carbocycles. The normalized spacial score (nSPS) is 11.3. The summed E-state index contributed by atoms with van der Waals surface area (Å²) in [5.41, 5.74) is 2.67. The van der Waals surface area contributed by atoms with Crippen molar-refractivity contribution in [2.24, 2.45) is 7.05 Å². The van der Waals surface area contributed by atoms with Gasteiger partial charge in [-0.2, -0.15) is 10.2 Å². The van der Waals surface area contributed by atoms with Crippen LogP contribution in [-0.4, -0.2) is 29.5 Å². The van der Waals surface area contributed by atoms with Gasteiger partial charge in [0.2, 0.25) is 0 Å². The molecule has 0 aliphatic heterocycles. The zero-order valence-electron chi connectivity index (χ0n) is 16.4. The molecule has 0 atom stereocenters. The highest BCUT2D eigenvalue weighted by Crippen LogP contribution is 2.30. The number of alkyl halides is 2. The highest BCUT2D eigenvalue weighted by Gasteiger charge is 2.19. The molecule has 0 spiro atoms. The minimum Gasteiger partial charge on any atom is -0.323 e. The average Bonchev–Trinajstić information content (AvgIpc) is 3.23. The summed E-state index contributed by atoms with van der Waals surface area (Å²) in [4.78, 5) is 8.22. The largest absolute Gasteiger partial charge is 0.323 e. The second kappa shape index (κ2) is 7.62. The van der Waals surface area contributed by atoms with E-state index in [0.717, 1.165) is 21.5 Å². The molecule has 154 valence electrons. The number of rotatable bonds is 5. The lowest BCUT2D eigenvalue weighted by Gasteiger charge is -2.08. The summed E-state index contributed by atoms with van der Waals surface area (Å²) < 4.78 is 42.6. The van der Waals surface area contributed by atoms with Crippen LogP contribution in [0.3, 0.4) is 0 Å². The third kappa shape index (κ3) is 3.63. The topological polar surface area (TPSA) is 73.5 Å². The van der Waals surface area contributed by atoms with E-state index in [4.69, 9.17) is 0 Å². The number of aromatic nitrogens is 6. The summed E-state index contributed by atoms with van der Waals surface area (Å²) in [6.07, 6.45) is -1.42. The fourth-order valence-electron chi connectivity index (χ4n) is 3.27. The Morgan fingerprint density at radius 2 is 1.73 bits per heavy atom. The van der Waals surface area contributed by atoms with Crippen molar-refractivity contribution >= 4 is 11.6 Å². The molecule has 0 saturated carbocycles. The first kappa shape index (κ1) is 19.6. The summed E-state index contributed by atoms with van der Waals surface area (Å²) in [6.45, 7) is 3.51. The molecule has 30 heavy (non-hydrogen) atoms. The van der Waals surface area contributed by atoms with Gasteiger partial charge < -0.3 is 5.32 Å². The summed E-state index contributed by atoms with van der Waals surface area (Å²) in [7, 11) is 1.78. The van der Waals surface area contributed by atoms with E-state index in [1.54, 1.807) is 30.8 Å². The first-order valence-corrected chi connectivity index (χ1v) is 9.07. The molecule has 3 heterocycles. The standard InChI is InChI=1S/C20H18F3N7/c1-11-8-15(19(22)23)30(27-11)17-9-16(24-10-25-17)26-20-12(2)18(29(3)28-20)13-4-6-14(21)7-5-13/h4-10,19H,1-3H3,(H,24,25,26,28). The number of benzene rings is 1. The third-order valence-electron chi connectivity index (χ3n) is 4.60. The molecule has 0 amide bonds. The van der Waals surface area contributed by atoms with E-state index in [-0.39, 0.29) is 17.3 Å². The summed E-state index contributed by atoms with van der Waals surface area (Å²) in [6, 6.07) is 8.97.